The Morgan fingerprint density at radius 2 is 0.625 bits per heavy atom. The molecule has 0 aliphatic rings. The third-order valence-corrected chi connectivity index (χ3v) is 25.5. The molecule has 0 aliphatic carbocycles. The monoisotopic (exact) mass is 1130 g/mol. The number of hydrogen-bond acceptors (Lipinski definition) is 3. The molecular weight excluding hydrogens is 1090 g/mol. The first-order valence-electron chi connectivity index (χ1n) is 22.8. The van der Waals surface area contributed by atoms with Crippen LogP contribution in [0.15, 0.2) is 258 Å². The second kappa shape index (κ2) is 20.6. The number of hydrogen-bond donors (Lipinski definition) is 0. The Balaban J connectivity index is 1.48. The van der Waals surface area contributed by atoms with Gasteiger partial charge in [-0.05, 0) is 0 Å². The minimum absolute atomic E-state index is 0.0833. The third kappa shape index (κ3) is 9.74. The van der Waals surface area contributed by atoms with E-state index >= 15 is 0 Å². The molecule has 0 amide bonds. The van der Waals surface area contributed by atoms with E-state index in [4.69, 9.17) is 13.5 Å². The zero-order valence-corrected chi connectivity index (χ0v) is 43.3. The summed E-state index contributed by atoms with van der Waals surface area (Å²) in [5.41, 5.74) is -1.52. The minimum atomic E-state index is -5.20. The van der Waals surface area contributed by atoms with Crippen LogP contribution >= 0.6 is 45.5 Å². The van der Waals surface area contributed by atoms with Gasteiger partial charge in [0, 0.05) is 0 Å². The van der Waals surface area contributed by atoms with Crippen LogP contribution in [-0.2, 0) is 33.6 Å². The molecular formula is C58H45BBr2F6O3P2. The van der Waals surface area contributed by atoms with E-state index < -0.39 is 50.2 Å². The summed E-state index contributed by atoms with van der Waals surface area (Å²) in [4.78, 5) is 0. The molecule has 0 saturated carbocycles. The summed E-state index contributed by atoms with van der Waals surface area (Å²) < 4.78 is 115. The van der Waals surface area contributed by atoms with Gasteiger partial charge < -0.3 is 0 Å². The van der Waals surface area contributed by atoms with Crippen LogP contribution < -0.4 is 36.5 Å². The van der Waals surface area contributed by atoms with E-state index in [0.717, 1.165) is 20.1 Å². The average molecular weight is 1140 g/mol. The molecule has 0 spiro atoms. The van der Waals surface area contributed by atoms with E-state index in [9.17, 15) is 26.3 Å². The predicted octanol–water partition coefficient (Wildman–Crippen LogP) is 14.9. The Bertz CT molecular complexity index is 2860. The van der Waals surface area contributed by atoms with Gasteiger partial charge in [-0.3, -0.25) is 0 Å². The molecule has 9 aromatic rings. The van der Waals surface area contributed by atoms with E-state index in [1.54, 1.807) is 0 Å². The van der Waals surface area contributed by atoms with Crippen LogP contribution in [0, 0.1) is 0 Å². The molecule has 0 aromatic heterocycles. The van der Waals surface area contributed by atoms with Crippen molar-refractivity contribution >= 4 is 84.7 Å². The molecule has 9 aromatic carbocycles. The second-order valence-corrected chi connectivity index (χ2v) is 28.2. The zero-order valence-electron chi connectivity index (χ0n) is 38.3. The van der Waals surface area contributed by atoms with Gasteiger partial charge in [-0.1, -0.05) is 0 Å². The molecule has 0 unspecified atom stereocenters. The van der Waals surface area contributed by atoms with Gasteiger partial charge in [-0.2, -0.15) is 0 Å². The molecule has 9 rings (SSSR count). The second-order valence-electron chi connectivity index (χ2n) is 17.4. The molecule has 0 heterocycles. The standard InChI is InChI=1S/C58H45BBr2F6O3P2/c60-48-23-19-21-44(37-48)42-71(51-25-7-1-8-26-51,52-27-9-2-10-28-52,53-29-11-3-12-30-53)69-59(68-50-40-46(57(62,63)64)39-47(41-50)58(65,66)67)70-72(54-31-13-4-14-32-54,55-33-15-5-16-34-55,56-35-17-6-18-36-56)43-45-22-20-24-49(61)38-45/h1-41H,42-43H2. The summed E-state index contributed by atoms with van der Waals surface area (Å²) >= 11 is 7.40. The molecule has 0 saturated heterocycles. The fourth-order valence-electron chi connectivity index (χ4n) is 9.86. The summed E-state index contributed by atoms with van der Waals surface area (Å²) in [7, 11) is -2.09. The van der Waals surface area contributed by atoms with Crippen molar-refractivity contribution in [3.63, 3.8) is 0 Å². The van der Waals surface area contributed by atoms with Crippen LogP contribution in [0.3, 0.4) is 0 Å². The summed E-state index contributed by atoms with van der Waals surface area (Å²) in [6, 6.07) is 74.0. The van der Waals surface area contributed by atoms with Gasteiger partial charge in [-0.15, -0.1) is 0 Å². The van der Waals surface area contributed by atoms with Crippen molar-refractivity contribution < 1.29 is 39.9 Å². The topological polar surface area (TPSA) is 27.7 Å². The summed E-state index contributed by atoms with van der Waals surface area (Å²) in [5, 5.41) is 4.11. The number of rotatable bonds is 16. The Hall–Kier alpha value is -5.84. The van der Waals surface area contributed by atoms with Crippen LogP contribution in [-0.4, -0.2) is 7.32 Å². The molecule has 0 aliphatic heterocycles. The van der Waals surface area contributed by atoms with Gasteiger partial charge in [0.1, 0.15) is 0 Å². The first-order chi connectivity index (χ1) is 34.6. The van der Waals surface area contributed by atoms with Crippen LogP contribution in [0.5, 0.6) is 5.75 Å². The molecule has 3 nitrogen and oxygen atoms in total. The van der Waals surface area contributed by atoms with Crippen molar-refractivity contribution in [2.75, 3.05) is 0 Å². The SMILES string of the molecule is FC(F)(F)c1cc(OB(OP(Cc2cccc(Br)c2)(c2ccccc2)(c2ccccc2)c2ccccc2)OP(Cc2cccc(Br)c2)(c2ccccc2)(c2ccccc2)c2ccccc2)cc(C(F)(F)F)c1. The molecule has 14 heteroatoms. The predicted molar refractivity (Wildman–Crippen MR) is 291 cm³/mol. The first-order valence-corrected chi connectivity index (χ1v) is 29.1. The van der Waals surface area contributed by atoms with Gasteiger partial charge in [0.25, 0.3) is 0 Å². The molecule has 0 fully saturated rings. The van der Waals surface area contributed by atoms with Crippen LogP contribution in [0.25, 0.3) is 0 Å². The zero-order chi connectivity index (χ0) is 50.5. The Morgan fingerprint density at radius 3 is 0.875 bits per heavy atom. The van der Waals surface area contributed by atoms with Crippen LogP contribution in [0.1, 0.15) is 22.3 Å². The third-order valence-electron chi connectivity index (χ3n) is 13.0. The van der Waals surface area contributed by atoms with Gasteiger partial charge >= 0.3 is 435 Å². The van der Waals surface area contributed by atoms with Crippen molar-refractivity contribution in [2.24, 2.45) is 0 Å². The average Bonchev–Trinajstić information content (AvgIpc) is 3.39. The van der Waals surface area contributed by atoms with Crippen molar-refractivity contribution in [3.05, 3.63) is 280 Å². The van der Waals surface area contributed by atoms with Crippen molar-refractivity contribution in [2.45, 2.75) is 24.7 Å². The quantitative estimate of drug-likeness (QED) is 0.0548. The van der Waals surface area contributed by atoms with Gasteiger partial charge in [0.2, 0.25) is 0 Å². The van der Waals surface area contributed by atoms with Gasteiger partial charge in [-0.25, -0.2) is 0 Å². The Kier molecular flexibility index (Phi) is 14.6. The number of alkyl halides is 6. The van der Waals surface area contributed by atoms with Gasteiger partial charge in [0.15, 0.2) is 0 Å². The van der Waals surface area contributed by atoms with E-state index in [1.165, 1.54) is 0 Å². The van der Waals surface area contributed by atoms with Crippen molar-refractivity contribution in [3.8, 4) is 5.75 Å². The summed E-state index contributed by atoms with van der Waals surface area (Å²) in [6.45, 7) is -9.71. The van der Waals surface area contributed by atoms with E-state index in [2.05, 4.69) is 31.9 Å². The van der Waals surface area contributed by atoms with Crippen molar-refractivity contribution in [1.29, 1.82) is 0 Å². The molecule has 0 radical (unpaired) electrons. The number of halogens is 8. The maximum atomic E-state index is 14.9. The summed E-state index contributed by atoms with van der Waals surface area (Å²) in [5.74, 6) is -0.774. The molecule has 364 valence electrons. The molecule has 72 heavy (non-hydrogen) atoms. The van der Waals surface area contributed by atoms with Crippen LogP contribution in [0.4, 0.5) is 26.3 Å². The molecule has 0 bridgehead atoms. The van der Waals surface area contributed by atoms with Crippen LogP contribution in [0.2, 0.25) is 0 Å². The normalized spacial score (nSPS) is 13.3. The fraction of sp³-hybridized carbons (Fsp3) is 0.0690. The fourth-order valence-corrected chi connectivity index (χ4v) is 22.1. The van der Waals surface area contributed by atoms with E-state index in [1.807, 2.05) is 231 Å². The maximum absolute atomic E-state index is 14.9. The van der Waals surface area contributed by atoms with E-state index in [0.29, 0.717) is 44.0 Å². The first kappa shape index (κ1) is 51.1. The van der Waals surface area contributed by atoms with Crippen molar-refractivity contribution in [1.82, 2.24) is 0 Å². The van der Waals surface area contributed by atoms with Gasteiger partial charge in [0.05, 0.1) is 0 Å². The van der Waals surface area contributed by atoms with E-state index in [-0.39, 0.29) is 18.4 Å². The number of benzene rings is 9. The Morgan fingerprint density at radius 1 is 0.347 bits per heavy atom. The Labute approximate surface area is 432 Å². The summed E-state index contributed by atoms with van der Waals surface area (Å²) in [6.07, 6.45) is -10.1. The molecule has 0 atom stereocenters. The molecule has 0 N–H and O–H groups in total.